The highest BCUT2D eigenvalue weighted by Crippen LogP contribution is 2.25. The van der Waals surface area contributed by atoms with Crippen LogP contribution in [0.25, 0.3) is 0 Å². The van der Waals surface area contributed by atoms with Crippen LogP contribution < -0.4 is 4.90 Å². The van der Waals surface area contributed by atoms with E-state index in [1.165, 1.54) is 17.9 Å². The summed E-state index contributed by atoms with van der Waals surface area (Å²) in [5.74, 6) is 1.19. The highest BCUT2D eigenvalue weighted by Gasteiger charge is 2.19. The van der Waals surface area contributed by atoms with Crippen molar-refractivity contribution in [3.05, 3.63) is 24.0 Å². The summed E-state index contributed by atoms with van der Waals surface area (Å²) < 4.78 is 0. The third-order valence-electron chi connectivity index (χ3n) is 3.16. The average molecular weight is 252 g/mol. The molecule has 1 aliphatic rings. The smallest absolute Gasteiger partial charge is 0.0931 e. The van der Waals surface area contributed by atoms with E-state index in [9.17, 15) is 5.11 Å². The molecule has 1 unspecified atom stereocenters. The summed E-state index contributed by atoms with van der Waals surface area (Å²) in [5.41, 5.74) is 1.92. The maximum atomic E-state index is 9.43. The van der Waals surface area contributed by atoms with E-state index >= 15 is 0 Å². The standard InChI is InChI=1S/C13H20N2OS/c1-3-12-9-15(6-7-17-12)11-4-5-13(10(2)16)14-8-11/h4-5,8,10,12,16H,3,6-7,9H2,1-2H3/t10-,12?/m0/s1. The highest BCUT2D eigenvalue weighted by atomic mass is 32.2. The van der Waals surface area contributed by atoms with Crippen molar-refractivity contribution in [3.63, 3.8) is 0 Å². The molecule has 3 nitrogen and oxygen atoms in total. The number of hydrogen-bond donors (Lipinski definition) is 1. The van der Waals surface area contributed by atoms with Gasteiger partial charge in [0.05, 0.1) is 23.7 Å². The molecule has 2 heterocycles. The van der Waals surface area contributed by atoms with Crippen molar-refractivity contribution >= 4 is 17.4 Å². The number of pyridine rings is 1. The van der Waals surface area contributed by atoms with Crippen molar-refractivity contribution in [1.82, 2.24) is 4.98 Å². The summed E-state index contributed by atoms with van der Waals surface area (Å²) >= 11 is 2.07. The van der Waals surface area contributed by atoms with Gasteiger partial charge in [-0.05, 0) is 25.5 Å². The molecule has 0 saturated carbocycles. The molecule has 0 spiro atoms. The van der Waals surface area contributed by atoms with Crippen molar-refractivity contribution in [1.29, 1.82) is 0 Å². The SMILES string of the molecule is CCC1CN(c2ccc([C@H](C)O)nc2)CCS1. The Balaban J connectivity index is 2.06. The molecule has 0 amide bonds. The van der Waals surface area contributed by atoms with Gasteiger partial charge in [0.1, 0.15) is 0 Å². The minimum atomic E-state index is -0.482. The van der Waals surface area contributed by atoms with E-state index in [4.69, 9.17) is 0 Å². The van der Waals surface area contributed by atoms with Gasteiger partial charge in [-0.25, -0.2) is 0 Å². The number of aromatic nitrogens is 1. The Hall–Kier alpha value is -0.740. The predicted octanol–water partition coefficient (Wildman–Crippen LogP) is 2.47. The maximum absolute atomic E-state index is 9.43. The molecule has 2 rings (SSSR count). The number of anilines is 1. The Morgan fingerprint density at radius 3 is 3.00 bits per heavy atom. The molecule has 1 aromatic heterocycles. The van der Waals surface area contributed by atoms with Gasteiger partial charge < -0.3 is 10.0 Å². The summed E-state index contributed by atoms with van der Waals surface area (Å²) in [5, 5.41) is 10.2. The van der Waals surface area contributed by atoms with E-state index in [0.717, 1.165) is 24.0 Å². The van der Waals surface area contributed by atoms with E-state index in [0.29, 0.717) is 0 Å². The molecule has 94 valence electrons. The molecule has 1 fully saturated rings. The van der Waals surface area contributed by atoms with E-state index in [-0.39, 0.29) is 0 Å². The number of aliphatic hydroxyl groups excluding tert-OH is 1. The number of aliphatic hydroxyl groups is 1. The highest BCUT2D eigenvalue weighted by molar-refractivity contribution is 8.00. The maximum Gasteiger partial charge on any atom is 0.0931 e. The zero-order valence-corrected chi connectivity index (χ0v) is 11.3. The summed E-state index contributed by atoms with van der Waals surface area (Å²) in [6.45, 7) is 6.19. The van der Waals surface area contributed by atoms with Crippen LogP contribution in [-0.2, 0) is 0 Å². The topological polar surface area (TPSA) is 36.4 Å². The molecule has 1 aromatic rings. The fourth-order valence-electron chi connectivity index (χ4n) is 2.03. The molecule has 1 aliphatic heterocycles. The van der Waals surface area contributed by atoms with Gasteiger partial charge in [0.15, 0.2) is 0 Å². The first-order valence-corrected chi connectivity index (χ1v) is 7.26. The Bertz CT molecular complexity index is 353. The number of rotatable bonds is 3. The zero-order chi connectivity index (χ0) is 12.3. The second kappa shape index (κ2) is 5.74. The third kappa shape index (κ3) is 3.13. The number of nitrogens with zero attached hydrogens (tertiary/aromatic N) is 2. The van der Waals surface area contributed by atoms with Gasteiger partial charge in [0.25, 0.3) is 0 Å². The first-order chi connectivity index (χ1) is 8.20. The molecule has 17 heavy (non-hydrogen) atoms. The first kappa shape index (κ1) is 12.7. The Morgan fingerprint density at radius 1 is 1.59 bits per heavy atom. The number of hydrogen-bond acceptors (Lipinski definition) is 4. The lowest BCUT2D eigenvalue weighted by Gasteiger charge is -2.33. The van der Waals surface area contributed by atoms with Crippen LogP contribution in [0.3, 0.4) is 0 Å². The van der Waals surface area contributed by atoms with Crippen molar-refractivity contribution in [2.45, 2.75) is 31.6 Å². The van der Waals surface area contributed by atoms with Crippen LogP contribution in [0.1, 0.15) is 32.1 Å². The largest absolute Gasteiger partial charge is 0.387 e. The first-order valence-electron chi connectivity index (χ1n) is 6.21. The molecule has 1 saturated heterocycles. The molecule has 0 aliphatic carbocycles. The van der Waals surface area contributed by atoms with Crippen LogP contribution in [0.2, 0.25) is 0 Å². The van der Waals surface area contributed by atoms with E-state index in [2.05, 4.69) is 34.6 Å². The van der Waals surface area contributed by atoms with Crippen LogP contribution in [0.15, 0.2) is 18.3 Å². The fourth-order valence-corrected chi connectivity index (χ4v) is 3.21. The molecule has 0 bridgehead atoms. The molecular formula is C13H20N2OS. The van der Waals surface area contributed by atoms with Gasteiger partial charge in [-0.1, -0.05) is 6.92 Å². The zero-order valence-electron chi connectivity index (χ0n) is 10.5. The summed E-state index contributed by atoms with van der Waals surface area (Å²) in [7, 11) is 0. The normalized spacial score (nSPS) is 22.5. The van der Waals surface area contributed by atoms with Gasteiger partial charge >= 0.3 is 0 Å². The summed E-state index contributed by atoms with van der Waals surface area (Å²) in [6.07, 6.45) is 2.62. The van der Waals surface area contributed by atoms with Crippen LogP contribution in [0.5, 0.6) is 0 Å². The van der Waals surface area contributed by atoms with Crippen LogP contribution >= 0.6 is 11.8 Å². The second-order valence-electron chi connectivity index (χ2n) is 4.46. The monoisotopic (exact) mass is 252 g/mol. The van der Waals surface area contributed by atoms with E-state index in [1.54, 1.807) is 6.92 Å². The van der Waals surface area contributed by atoms with Gasteiger partial charge in [-0.3, -0.25) is 4.98 Å². The molecule has 0 radical (unpaired) electrons. The lowest BCUT2D eigenvalue weighted by atomic mass is 10.2. The average Bonchev–Trinajstić information content (AvgIpc) is 2.39. The molecule has 2 atom stereocenters. The summed E-state index contributed by atoms with van der Waals surface area (Å²) in [6, 6.07) is 3.99. The Labute approximate surface area is 107 Å². The van der Waals surface area contributed by atoms with Crippen molar-refractivity contribution in [2.75, 3.05) is 23.7 Å². The van der Waals surface area contributed by atoms with Crippen molar-refractivity contribution < 1.29 is 5.11 Å². The third-order valence-corrected chi connectivity index (χ3v) is 4.53. The minimum absolute atomic E-state index is 0.482. The fraction of sp³-hybridized carbons (Fsp3) is 0.615. The van der Waals surface area contributed by atoms with Crippen LogP contribution in [-0.4, -0.2) is 34.2 Å². The van der Waals surface area contributed by atoms with Gasteiger partial charge in [0, 0.05) is 24.1 Å². The van der Waals surface area contributed by atoms with Crippen LogP contribution in [0, 0.1) is 0 Å². The molecule has 4 heteroatoms. The Morgan fingerprint density at radius 2 is 2.41 bits per heavy atom. The predicted molar refractivity (Wildman–Crippen MR) is 73.6 cm³/mol. The lowest BCUT2D eigenvalue weighted by Crippen LogP contribution is -2.37. The van der Waals surface area contributed by atoms with Gasteiger partial charge in [-0.2, -0.15) is 11.8 Å². The molecule has 1 N–H and O–H groups in total. The van der Waals surface area contributed by atoms with Gasteiger partial charge in [-0.15, -0.1) is 0 Å². The van der Waals surface area contributed by atoms with E-state index < -0.39 is 6.10 Å². The second-order valence-corrected chi connectivity index (χ2v) is 5.87. The van der Waals surface area contributed by atoms with Crippen molar-refractivity contribution in [2.24, 2.45) is 0 Å². The lowest BCUT2D eigenvalue weighted by molar-refractivity contribution is 0.194. The van der Waals surface area contributed by atoms with E-state index in [1.807, 2.05) is 12.3 Å². The van der Waals surface area contributed by atoms with Crippen molar-refractivity contribution in [3.8, 4) is 0 Å². The Kier molecular flexibility index (Phi) is 4.29. The molecular weight excluding hydrogens is 232 g/mol. The van der Waals surface area contributed by atoms with Gasteiger partial charge in [0.2, 0.25) is 0 Å². The minimum Gasteiger partial charge on any atom is -0.387 e. The number of thioether (sulfide) groups is 1. The summed E-state index contributed by atoms with van der Waals surface area (Å²) in [4.78, 5) is 6.70. The quantitative estimate of drug-likeness (QED) is 0.896. The molecule has 0 aromatic carbocycles. The van der Waals surface area contributed by atoms with Crippen LogP contribution in [0.4, 0.5) is 5.69 Å².